The summed E-state index contributed by atoms with van der Waals surface area (Å²) in [6.45, 7) is 9.75. The zero-order valence-electron chi connectivity index (χ0n) is 9.75. The molecule has 14 heavy (non-hydrogen) atoms. The quantitative estimate of drug-likeness (QED) is 0.630. The zero-order chi connectivity index (χ0) is 10.6. The third-order valence-corrected chi connectivity index (χ3v) is 3.62. The van der Waals surface area contributed by atoms with Gasteiger partial charge in [0.05, 0.1) is 0 Å². The molecule has 2 nitrogen and oxygen atoms in total. The van der Waals surface area contributed by atoms with Crippen LogP contribution in [0.3, 0.4) is 0 Å². The lowest BCUT2D eigenvalue weighted by molar-refractivity contribution is -0.116. The summed E-state index contributed by atoms with van der Waals surface area (Å²) in [5.41, 5.74) is -0.122. The molecule has 1 heterocycles. The molecule has 1 rings (SSSR count). The molecule has 2 heteroatoms. The molecular formula is C12H23NO. The number of hydrogen-bond acceptors (Lipinski definition) is 2. The summed E-state index contributed by atoms with van der Waals surface area (Å²) < 4.78 is 0. The van der Waals surface area contributed by atoms with Crippen LogP contribution < -0.4 is 0 Å². The SMILES string of the molecule is CCC1CCN(CC(C)(C=O)CC)C1. The third-order valence-electron chi connectivity index (χ3n) is 3.62. The number of nitrogens with zero attached hydrogens (tertiary/aromatic N) is 1. The molecule has 0 saturated carbocycles. The molecule has 0 aromatic rings. The van der Waals surface area contributed by atoms with Gasteiger partial charge in [-0.05, 0) is 25.3 Å². The average Bonchev–Trinajstić information content (AvgIpc) is 2.65. The van der Waals surface area contributed by atoms with Gasteiger partial charge in [-0.2, -0.15) is 0 Å². The lowest BCUT2D eigenvalue weighted by Gasteiger charge is -2.27. The van der Waals surface area contributed by atoms with Crippen molar-refractivity contribution in [3.8, 4) is 0 Å². The van der Waals surface area contributed by atoms with E-state index < -0.39 is 0 Å². The predicted molar refractivity (Wildman–Crippen MR) is 59.3 cm³/mol. The monoisotopic (exact) mass is 197 g/mol. The van der Waals surface area contributed by atoms with E-state index in [9.17, 15) is 4.79 Å². The van der Waals surface area contributed by atoms with Gasteiger partial charge in [-0.1, -0.05) is 27.2 Å². The van der Waals surface area contributed by atoms with Crippen molar-refractivity contribution < 1.29 is 4.79 Å². The molecule has 0 bridgehead atoms. The summed E-state index contributed by atoms with van der Waals surface area (Å²) in [5, 5.41) is 0. The highest BCUT2D eigenvalue weighted by Crippen LogP contribution is 2.25. The van der Waals surface area contributed by atoms with E-state index in [0.717, 1.165) is 25.2 Å². The summed E-state index contributed by atoms with van der Waals surface area (Å²) in [6.07, 6.45) is 4.67. The lowest BCUT2D eigenvalue weighted by atomic mass is 9.89. The van der Waals surface area contributed by atoms with Crippen molar-refractivity contribution in [1.82, 2.24) is 4.90 Å². The minimum Gasteiger partial charge on any atom is -0.303 e. The summed E-state index contributed by atoms with van der Waals surface area (Å²) in [6, 6.07) is 0. The maximum Gasteiger partial charge on any atom is 0.127 e. The second kappa shape index (κ2) is 4.92. The van der Waals surface area contributed by atoms with E-state index in [2.05, 4.69) is 25.7 Å². The molecule has 0 aliphatic carbocycles. The van der Waals surface area contributed by atoms with Gasteiger partial charge in [-0.15, -0.1) is 0 Å². The van der Waals surface area contributed by atoms with Crippen LogP contribution in [0.5, 0.6) is 0 Å². The standard InChI is InChI=1S/C12H23NO/c1-4-11-6-7-13(8-11)9-12(3,5-2)10-14/h10-11H,4-9H2,1-3H3. The fourth-order valence-corrected chi connectivity index (χ4v) is 2.13. The van der Waals surface area contributed by atoms with Crippen molar-refractivity contribution in [1.29, 1.82) is 0 Å². The van der Waals surface area contributed by atoms with Crippen LogP contribution in [0.1, 0.15) is 40.0 Å². The number of rotatable bonds is 5. The van der Waals surface area contributed by atoms with Crippen molar-refractivity contribution in [2.75, 3.05) is 19.6 Å². The lowest BCUT2D eigenvalue weighted by Crippen LogP contribution is -2.35. The van der Waals surface area contributed by atoms with Crippen LogP contribution in [0.4, 0.5) is 0 Å². The molecule has 1 fully saturated rings. The van der Waals surface area contributed by atoms with E-state index in [4.69, 9.17) is 0 Å². The summed E-state index contributed by atoms with van der Waals surface area (Å²) in [5.74, 6) is 0.864. The van der Waals surface area contributed by atoms with Gasteiger partial charge in [0.15, 0.2) is 0 Å². The molecular weight excluding hydrogens is 174 g/mol. The van der Waals surface area contributed by atoms with E-state index in [1.807, 2.05) is 0 Å². The first-order valence-electron chi connectivity index (χ1n) is 5.82. The first kappa shape index (κ1) is 11.7. The number of hydrogen-bond donors (Lipinski definition) is 0. The molecule has 0 radical (unpaired) electrons. The Labute approximate surface area is 87.7 Å². The highest BCUT2D eigenvalue weighted by atomic mass is 16.1. The minimum atomic E-state index is -0.122. The van der Waals surface area contributed by atoms with Crippen molar-refractivity contribution in [2.24, 2.45) is 11.3 Å². The van der Waals surface area contributed by atoms with Gasteiger partial charge in [0.2, 0.25) is 0 Å². The zero-order valence-corrected chi connectivity index (χ0v) is 9.75. The average molecular weight is 197 g/mol. The Balaban J connectivity index is 2.41. The van der Waals surface area contributed by atoms with Gasteiger partial charge in [0.25, 0.3) is 0 Å². The van der Waals surface area contributed by atoms with Gasteiger partial charge in [0, 0.05) is 18.5 Å². The van der Waals surface area contributed by atoms with Crippen molar-refractivity contribution in [3.05, 3.63) is 0 Å². The van der Waals surface area contributed by atoms with Crippen molar-refractivity contribution in [2.45, 2.75) is 40.0 Å². The largest absolute Gasteiger partial charge is 0.303 e. The van der Waals surface area contributed by atoms with Gasteiger partial charge >= 0.3 is 0 Å². The second-order valence-corrected chi connectivity index (χ2v) is 4.92. The molecule has 0 aromatic heterocycles. The van der Waals surface area contributed by atoms with E-state index in [1.54, 1.807) is 0 Å². The fourth-order valence-electron chi connectivity index (χ4n) is 2.13. The summed E-state index contributed by atoms with van der Waals surface area (Å²) in [4.78, 5) is 13.4. The molecule has 0 aromatic carbocycles. The fraction of sp³-hybridized carbons (Fsp3) is 0.917. The van der Waals surface area contributed by atoms with Crippen LogP contribution in [0.25, 0.3) is 0 Å². The van der Waals surface area contributed by atoms with Gasteiger partial charge in [0.1, 0.15) is 6.29 Å². The Morgan fingerprint density at radius 1 is 1.50 bits per heavy atom. The summed E-state index contributed by atoms with van der Waals surface area (Å²) in [7, 11) is 0. The second-order valence-electron chi connectivity index (χ2n) is 4.92. The van der Waals surface area contributed by atoms with Gasteiger partial charge in [-0.3, -0.25) is 0 Å². The topological polar surface area (TPSA) is 20.3 Å². The number of likely N-dealkylation sites (tertiary alicyclic amines) is 1. The Morgan fingerprint density at radius 2 is 2.21 bits per heavy atom. The first-order valence-corrected chi connectivity index (χ1v) is 5.82. The van der Waals surface area contributed by atoms with Crippen LogP contribution in [0, 0.1) is 11.3 Å². The van der Waals surface area contributed by atoms with Crippen molar-refractivity contribution in [3.63, 3.8) is 0 Å². The van der Waals surface area contributed by atoms with Crippen LogP contribution in [0.15, 0.2) is 0 Å². The first-order chi connectivity index (χ1) is 6.63. The van der Waals surface area contributed by atoms with Crippen molar-refractivity contribution >= 4 is 6.29 Å². The van der Waals surface area contributed by atoms with Gasteiger partial charge < -0.3 is 9.69 Å². The molecule has 2 unspecified atom stereocenters. The molecule has 0 spiro atoms. The molecule has 1 saturated heterocycles. The van der Waals surface area contributed by atoms with Crippen LogP contribution in [-0.4, -0.2) is 30.8 Å². The Bertz CT molecular complexity index is 193. The maximum absolute atomic E-state index is 11.0. The summed E-state index contributed by atoms with van der Waals surface area (Å²) >= 11 is 0. The highest BCUT2D eigenvalue weighted by molar-refractivity contribution is 5.58. The molecule has 0 amide bonds. The minimum absolute atomic E-state index is 0.122. The molecule has 1 aliphatic rings. The molecule has 0 N–H and O–H groups in total. The van der Waals surface area contributed by atoms with E-state index in [1.165, 1.54) is 25.9 Å². The predicted octanol–water partition coefficient (Wildman–Crippen LogP) is 2.33. The Kier molecular flexibility index (Phi) is 4.11. The highest BCUT2D eigenvalue weighted by Gasteiger charge is 2.28. The number of aldehydes is 1. The van der Waals surface area contributed by atoms with Crippen LogP contribution in [0.2, 0.25) is 0 Å². The number of carbonyl (C=O) groups excluding carboxylic acids is 1. The molecule has 2 atom stereocenters. The molecule has 82 valence electrons. The van der Waals surface area contributed by atoms with E-state index in [0.29, 0.717) is 0 Å². The van der Waals surface area contributed by atoms with Gasteiger partial charge in [-0.25, -0.2) is 0 Å². The van der Waals surface area contributed by atoms with E-state index in [-0.39, 0.29) is 5.41 Å². The smallest absolute Gasteiger partial charge is 0.127 e. The van der Waals surface area contributed by atoms with Crippen LogP contribution >= 0.6 is 0 Å². The normalized spacial score (nSPS) is 27.5. The number of carbonyl (C=O) groups is 1. The molecule has 1 aliphatic heterocycles. The Hall–Kier alpha value is -0.370. The Morgan fingerprint density at radius 3 is 2.64 bits per heavy atom. The third kappa shape index (κ3) is 2.81. The van der Waals surface area contributed by atoms with Crippen LogP contribution in [-0.2, 0) is 4.79 Å². The maximum atomic E-state index is 11.0. The van der Waals surface area contributed by atoms with E-state index >= 15 is 0 Å².